The van der Waals surface area contributed by atoms with Gasteiger partial charge in [-0.05, 0) is 11.1 Å². The van der Waals surface area contributed by atoms with Crippen LogP contribution in [0.2, 0.25) is 0 Å². The fourth-order valence-electron chi connectivity index (χ4n) is 1.54. The molecule has 0 spiro atoms. The zero-order valence-electron chi connectivity index (χ0n) is 9.89. The van der Waals surface area contributed by atoms with Crippen molar-refractivity contribution in [3.63, 3.8) is 0 Å². The first-order valence-corrected chi connectivity index (χ1v) is 5.67. The highest BCUT2D eigenvalue weighted by Gasteiger charge is 2.04. The van der Waals surface area contributed by atoms with Crippen LogP contribution in [-0.4, -0.2) is 21.1 Å². The van der Waals surface area contributed by atoms with Crippen LogP contribution < -0.4 is 11.1 Å². The number of hydrogen-bond donors (Lipinski definition) is 3. The second-order valence-electron chi connectivity index (χ2n) is 3.91. The Kier molecular flexibility index (Phi) is 4.03. The predicted octanol–water partition coefficient (Wildman–Crippen LogP) is 0.122. The number of nitrogens with two attached hydrogens (primary N) is 1. The van der Waals surface area contributed by atoms with Crippen LogP contribution in [0.15, 0.2) is 30.6 Å². The minimum Gasteiger partial charge on any atom is -0.349 e. The second kappa shape index (κ2) is 5.92. The van der Waals surface area contributed by atoms with Crippen molar-refractivity contribution in [3.05, 3.63) is 47.5 Å². The third kappa shape index (κ3) is 3.39. The van der Waals surface area contributed by atoms with Gasteiger partial charge in [-0.3, -0.25) is 9.89 Å². The third-order valence-corrected chi connectivity index (χ3v) is 2.54. The molecule has 4 N–H and O–H groups in total. The minimum absolute atomic E-state index is 0.0492. The molecule has 0 unspecified atom stereocenters. The molecule has 0 atom stereocenters. The van der Waals surface area contributed by atoms with E-state index in [0.29, 0.717) is 25.3 Å². The summed E-state index contributed by atoms with van der Waals surface area (Å²) in [5.74, 6) is 0.591. The van der Waals surface area contributed by atoms with Gasteiger partial charge in [0.2, 0.25) is 5.91 Å². The minimum atomic E-state index is -0.0492. The number of nitrogens with zero attached hydrogens (tertiary/aromatic N) is 2. The van der Waals surface area contributed by atoms with E-state index < -0.39 is 0 Å². The van der Waals surface area contributed by atoms with Crippen molar-refractivity contribution in [2.24, 2.45) is 5.73 Å². The molecular weight excluding hydrogens is 230 g/mol. The Morgan fingerprint density at radius 2 is 2.00 bits per heavy atom. The fourth-order valence-corrected chi connectivity index (χ4v) is 1.54. The average Bonchev–Trinajstić information content (AvgIpc) is 2.90. The zero-order chi connectivity index (χ0) is 12.8. The number of aromatic amines is 1. The Balaban J connectivity index is 1.83. The van der Waals surface area contributed by atoms with Crippen LogP contribution in [0.25, 0.3) is 0 Å². The van der Waals surface area contributed by atoms with Crippen molar-refractivity contribution in [3.8, 4) is 0 Å². The molecule has 0 bridgehead atoms. The number of nitrogens with one attached hydrogen (secondary N) is 2. The molecule has 2 rings (SSSR count). The van der Waals surface area contributed by atoms with Gasteiger partial charge in [0.05, 0.1) is 13.0 Å². The largest absolute Gasteiger partial charge is 0.349 e. The highest BCUT2D eigenvalue weighted by Crippen LogP contribution is 2.04. The molecule has 0 radical (unpaired) electrons. The van der Waals surface area contributed by atoms with Crippen molar-refractivity contribution >= 4 is 5.91 Å². The number of carbonyl (C=O) groups excluding carboxylic acids is 1. The van der Waals surface area contributed by atoms with E-state index in [1.54, 1.807) is 0 Å². The van der Waals surface area contributed by atoms with Gasteiger partial charge in [0.15, 0.2) is 0 Å². The maximum Gasteiger partial charge on any atom is 0.224 e. The Bertz CT molecular complexity index is 492. The molecule has 94 valence electrons. The number of aromatic nitrogens is 3. The van der Waals surface area contributed by atoms with Gasteiger partial charge in [-0.25, -0.2) is 4.98 Å². The normalized spacial score (nSPS) is 10.3. The molecule has 1 heterocycles. The van der Waals surface area contributed by atoms with Crippen LogP contribution >= 0.6 is 0 Å². The number of H-pyrrole nitrogens is 1. The molecule has 6 heteroatoms. The molecule has 0 aliphatic rings. The maximum atomic E-state index is 11.7. The van der Waals surface area contributed by atoms with Gasteiger partial charge in [-0.2, -0.15) is 5.10 Å². The van der Waals surface area contributed by atoms with Gasteiger partial charge in [0.25, 0.3) is 0 Å². The lowest BCUT2D eigenvalue weighted by atomic mass is 10.1. The van der Waals surface area contributed by atoms with E-state index in [0.717, 1.165) is 11.1 Å². The topological polar surface area (TPSA) is 96.7 Å². The highest BCUT2D eigenvalue weighted by atomic mass is 16.1. The molecule has 0 aliphatic carbocycles. The van der Waals surface area contributed by atoms with Gasteiger partial charge in [-0.15, -0.1) is 0 Å². The SMILES string of the molecule is NCc1ccc(CC(=O)NCc2ncn[nH]2)cc1. The van der Waals surface area contributed by atoms with E-state index in [9.17, 15) is 4.79 Å². The highest BCUT2D eigenvalue weighted by molar-refractivity contribution is 5.78. The summed E-state index contributed by atoms with van der Waals surface area (Å²) in [6, 6.07) is 7.69. The van der Waals surface area contributed by atoms with E-state index in [1.165, 1.54) is 6.33 Å². The second-order valence-corrected chi connectivity index (χ2v) is 3.91. The summed E-state index contributed by atoms with van der Waals surface area (Å²) in [5.41, 5.74) is 7.52. The number of rotatable bonds is 5. The van der Waals surface area contributed by atoms with Crippen LogP contribution in [0.4, 0.5) is 0 Å². The molecule has 0 saturated heterocycles. The van der Waals surface area contributed by atoms with E-state index in [-0.39, 0.29) is 5.91 Å². The van der Waals surface area contributed by atoms with Gasteiger partial charge in [-0.1, -0.05) is 24.3 Å². The summed E-state index contributed by atoms with van der Waals surface area (Å²) in [4.78, 5) is 15.6. The smallest absolute Gasteiger partial charge is 0.224 e. The van der Waals surface area contributed by atoms with E-state index in [4.69, 9.17) is 5.73 Å². The summed E-state index contributed by atoms with van der Waals surface area (Å²) >= 11 is 0. The Hall–Kier alpha value is -2.21. The molecule has 0 fully saturated rings. The summed E-state index contributed by atoms with van der Waals surface area (Å²) in [6.45, 7) is 0.873. The van der Waals surface area contributed by atoms with Crippen molar-refractivity contribution in [2.75, 3.05) is 0 Å². The molecule has 0 aliphatic heterocycles. The van der Waals surface area contributed by atoms with Crippen LogP contribution in [-0.2, 0) is 24.3 Å². The summed E-state index contributed by atoms with van der Waals surface area (Å²) in [6.07, 6.45) is 1.76. The molecule has 18 heavy (non-hydrogen) atoms. The summed E-state index contributed by atoms with van der Waals surface area (Å²) < 4.78 is 0. The Morgan fingerprint density at radius 1 is 1.28 bits per heavy atom. The molecular formula is C12H15N5O. The Morgan fingerprint density at radius 3 is 2.61 bits per heavy atom. The van der Waals surface area contributed by atoms with Crippen LogP contribution in [0.3, 0.4) is 0 Å². The summed E-state index contributed by atoms with van der Waals surface area (Å²) in [5, 5.41) is 9.15. The van der Waals surface area contributed by atoms with Crippen LogP contribution in [0.1, 0.15) is 17.0 Å². The lowest BCUT2D eigenvalue weighted by molar-refractivity contribution is -0.120. The van der Waals surface area contributed by atoms with Gasteiger partial charge in [0.1, 0.15) is 12.2 Å². The van der Waals surface area contributed by atoms with Crippen molar-refractivity contribution < 1.29 is 4.79 Å². The lowest BCUT2D eigenvalue weighted by Crippen LogP contribution is -2.25. The van der Waals surface area contributed by atoms with E-state index in [2.05, 4.69) is 20.5 Å². The average molecular weight is 245 g/mol. The molecule has 1 amide bonds. The number of carbonyl (C=O) groups is 1. The first-order valence-electron chi connectivity index (χ1n) is 5.67. The monoisotopic (exact) mass is 245 g/mol. The molecule has 1 aromatic carbocycles. The molecule has 6 nitrogen and oxygen atoms in total. The number of hydrogen-bond acceptors (Lipinski definition) is 4. The molecule has 0 saturated carbocycles. The first kappa shape index (κ1) is 12.3. The first-order chi connectivity index (χ1) is 8.78. The zero-order valence-corrected chi connectivity index (χ0v) is 9.89. The summed E-state index contributed by atoms with van der Waals surface area (Å²) in [7, 11) is 0. The van der Waals surface area contributed by atoms with E-state index in [1.807, 2.05) is 24.3 Å². The van der Waals surface area contributed by atoms with Crippen molar-refractivity contribution in [1.29, 1.82) is 0 Å². The van der Waals surface area contributed by atoms with Crippen molar-refractivity contribution in [1.82, 2.24) is 20.5 Å². The fraction of sp³-hybridized carbons (Fsp3) is 0.250. The molecule has 1 aromatic heterocycles. The van der Waals surface area contributed by atoms with Gasteiger partial charge >= 0.3 is 0 Å². The molecule has 2 aromatic rings. The van der Waals surface area contributed by atoms with Gasteiger partial charge < -0.3 is 11.1 Å². The third-order valence-electron chi connectivity index (χ3n) is 2.54. The van der Waals surface area contributed by atoms with Crippen molar-refractivity contribution in [2.45, 2.75) is 19.5 Å². The van der Waals surface area contributed by atoms with Crippen LogP contribution in [0.5, 0.6) is 0 Å². The standard InChI is InChI=1S/C12H15N5O/c13-6-10-3-1-9(2-4-10)5-12(18)14-7-11-15-8-16-17-11/h1-4,8H,5-7,13H2,(H,14,18)(H,15,16,17). The predicted molar refractivity (Wildman–Crippen MR) is 66.3 cm³/mol. The van der Waals surface area contributed by atoms with E-state index >= 15 is 0 Å². The number of benzene rings is 1. The van der Waals surface area contributed by atoms with Crippen LogP contribution in [0, 0.1) is 0 Å². The lowest BCUT2D eigenvalue weighted by Gasteiger charge is -2.04. The maximum absolute atomic E-state index is 11.7. The van der Waals surface area contributed by atoms with Gasteiger partial charge in [0, 0.05) is 6.54 Å². The Labute approximate surface area is 105 Å². The number of amides is 1. The quantitative estimate of drug-likeness (QED) is 0.697.